The molecular formula is C14H17N5O3. The third-order valence-corrected chi connectivity index (χ3v) is 4.04. The summed E-state index contributed by atoms with van der Waals surface area (Å²) in [6, 6.07) is 1.83. The van der Waals surface area contributed by atoms with E-state index in [4.69, 9.17) is 0 Å². The second-order valence-corrected chi connectivity index (χ2v) is 5.73. The van der Waals surface area contributed by atoms with Gasteiger partial charge in [0, 0.05) is 11.4 Å². The third kappa shape index (κ3) is 2.30. The Balaban J connectivity index is 1.92. The molecule has 0 spiro atoms. The molecule has 1 saturated carbocycles. The lowest BCUT2D eigenvalue weighted by Gasteiger charge is -2.24. The monoisotopic (exact) mass is 303 g/mol. The summed E-state index contributed by atoms with van der Waals surface area (Å²) in [5, 5.41) is 16.1. The molecule has 2 N–H and O–H groups in total. The Bertz CT molecular complexity index is 761. The van der Waals surface area contributed by atoms with Crippen molar-refractivity contribution in [1.82, 2.24) is 24.9 Å². The van der Waals surface area contributed by atoms with Crippen LogP contribution in [0.15, 0.2) is 6.07 Å². The number of carboxylic acids is 1. The van der Waals surface area contributed by atoms with Gasteiger partial charge in [0.05, 0.1) is 0 Å². The van der Waals surface area contributed by atoms with E-state index < -0.39 is 17.4 Å². The standard InChI is InChI=1S/C14H17N5O3/c1-8-7-9(2)19-13(15-8)16-10(18-19)11(20)17-14(12(21)22)5-3-4-6-14/h7H,3-6H2,1-2H3,(H,17,20)(H,21,22). The Hall–Kier alpha value is -2.51. The molecular weight excluding hydrogens is 286 g/mol. The van der Waals surface area contributed by atoms with Crippen LogP contribution in [0.5, 0.6) is 0 Å². The summed E-state index contributed by atoms with van der Waals surface area (Å²) >= 11 is 0. The Morgan fingerprint density at radius 1 is 1.27 bits per heavy atom. The van der Waals surface area contributed by atoms with E-state index in [0.717, 1.165) is 24.2 Å². The van der Waals surface area contributed by atoms with Crippen LogP contribution < -0.4 is 5.32 Å². The smallest absolute Gasteiger partial charge is 0.329 e. The first-order chi connectivity index (χ1) is 10.4. The zero-order chi connectivity index (χ0) is 15.9. The molecule has 8 heteroatoms. The minimum Gasteiger partial charge on any atom is -0.480 e. The molecule has 1 aliphatic carbocycles. The van der Waals surface area contributed by atoms with Crippen LogP contribution in [-0.2, 0) is 4.79 Å². The number of amides is 1. The van der Waals surface area contributed by atoms with Crippen molar-refractivity contribution < 1.29 is 14.7 Å². The van der Waals surface area contributed by atoms with Gasteiger partial charge in [0.1, 0.15) is 5.54 Å². The van der Waals surface area contributed by atoms with Crippen molar-refractivity contribution in [3.8, 4) is 0 Å². The average Bonchev–Trinajstić information content (AvgIpc) is 3.05. The van der Waals surface area contributed by atoms with Crippen molar-refractivity contribution in [2.75, 3.05) is 0 Å². The number of nitrogens with one attached hydrogen (secondary N) is 1. The van der Waals surface area contributed by atoms with Gasteiger partial charge in [-0.3, -0.25) is 4.79 Å². The van der Waals surface area contributed by atoms with E-state index in [9.17, 15) is 14.7 Å². The number of carbonyl (C=O) groups excluding carboxylic acids is 1. The molecule has 8 nitrogen and oxygen atoms in total. The minimum atomic E-state index is -1.20. The first-order valence-corrected chi connectivity index (χ1v) is 7.18. The average molecular weight is 303 g/mol. The van der Waals surface area contributed by atoms with E-state index in [1.807, 2.05) is 19.9 Å². The fraction of sp³-hybridized carbons (Fsp3) is 0.500. The molecule has 0 aliphatic heterocycles. The number of hydrogen-bond donors (Lipinski definition) is 2. The maximum Gasteiger partial charge on any atom is 0.329 e. The second kappa shape index (κ2) is 5.04. The van der Waals surface area contributed by atoms with Gasteiger partial charge in [-0.2, -0.15) is 4.98 Å². The quantitative estimate of drug-likeness (QED) is 0.870. The van der Waals surface area contributed by atoms with Gasteiger partial charge in [-0.1, -0.05) is 12.8 Å². The SMILES string of the molecule is Cc1cc(C)n2nc(C(=O)NC3(C(=O)O)CCCC3)nc2n1. The second-order valence-electron chi connectivity index (χ2n) is 5.73. The van der Waals surface area contributed by atoms with Crippen LogP contribution in [0, 0.1) is 13.8 Å². The summed E-state index contributed by atoms with van der Waals surface area (Å²) < 4.78 is 1.48. The molecule has 2 aromatic rings. The zero-order valence-electron chi connectivity index (χ0n) is 12.5. The van der Waals surface area contributed by atoms with Gasteiger partial charge >= 0.3 is 5.97 Å². The van der Waals surface area contributed by atoms with Crippen LogP contribution >= 0.6 is 0 Å². The fourth-order valence-corrected chi connectivity index (χ4v) is 2.91. The minimum absolute atomic E-state index is 0.0614. The maximum absolute atomic E-state index is 12.3. The number of hydrogen-bond acceptors (Lipinski definition) is 5. The van der Waals surface area contributed by atoms with Gasteiger partial charge in [-0.25, -0.2) is 14.3 Å². The summed E-state index contributed by atoms with van der Waals surface area (Å²) in [4.78, 5) is 32.1. The van der Waals surface area contributed by atoms with E-state index in [-0.39, 0.29) is 5.82 Å². The van der Waals surface area contributed by atoms with Crippen LogP contribution in [0.4, 0.5) is 0 Å². The molecule has 1 amide bonds. The van der Waals surface area contributed by atoms with E-state index in [0.29, 0.717) is 18.6 Å². The topological polar surface area (TPSA) is 109 Å². The highest BCUT2D eigenvalue weighted by Crippen LogP contribution is 2.30. The first-order valence-electron chi connectivity index (χ1n) is 7.18. The molecule has 116 valence electrons. The third-order valence-electron chi connectivity index (χ3n) is 4.04. The van der Waals surface area contributed by atoms with Gasteiger partial charge in [0.15, 0.2) is 0 Å². The lowest BCUT2D eigenvalue weighted by molar-refractivity contribution is -0.144. The number of aromatic nitrogens is 4. The molecule has 0 bridgehead atoms. The predicted octanol–water partition coefficient (Wildman–Crippen LogP) is 0.868. The highest BCUT2D eigenvalue weighted by atomic mass is 16.4. The molecule has 22 heavy (non-hydrogen) atoms. The molecule has 0 atom stereocenters. The lowest BCUT2D eigenvalue weighted by Crippen LogP contribution is -2.52. The maximum atomic E-state index is 12.3. The first kappa shape index (κ1) is 14.4. The number of carbonyl (C=O) groups is 2. The van der Waals surface area contributed by atoms with Gasteiger partial charge in [0.25, 0.3) is 11.7 Å². The summed E-state index contributed by atoms with van der Waals surface area (Å²) in [7, 11) is 0. The van der Waals surface area contributed by atoms with Gasteiger partial charge in [0.2, 0.25) is 5.82 Å². The Morgan fingerprint density at radius 2 is 1.95 bits per heavy atom. The van der Waals surface area contributed by atoms with Gasteiger partial charge < -0.3 is 10.4 Å². The number of fused-ring (bicyclic) bond motifs is 1. The van der Waals surface area contributed by atoms with E-state index in [1.165, 1.54) is 4.52 Å². The van der Waals surface area contributed by atoms with E-state index in [1.54, 1.807) is 0 Å². The molecule has 0 aromatic carbocycles. The van der Waals surface area contributed by atoms with E-state index in [2.05, 4.69) is 20.4 Å². The zero-order valence-corrected chi connectivity index (χ0v) is 12.5. The fourth-order valence-electron chi connectivity index (χ4n) is 2.91. The van der Waals surface area contributed by atoms with Crippen molar-refractivity contribution in [1.29, 1.82) is 0 Å². The Morgan fingerprint density at radius 3 is 2.59 bits per heavy atom. The van der Waals surface area contributed by atoms with E-state index >= 15 is 0 Å². The molecule has 2 heterocycles. The summed E-state index contributed by atoms with van der Waals surface area (Å²) in [6.07, 6.45) is 2.42. The molecule has 0 radical (unpaired) electrons. The molecule has 2 aromatic heterocycles. The predicted molar refractivity (Wildman–Crippen MR) is 76.6 cm³/mol. The molecule has 3 rings (SSSR count). The van der Waals surface area contributed by atoms with Crippen molar-refractivity contribution in [3.63, 3.8) is 0 Å². The van der Waals surface area contributed by atoms with Crippen LogP contribution in [-0.4, -0.2) is 42.1 Å². The van der Waals surface area contributed by atoms with Crippen molar-refractivity contribution in [2.45, 2.75) is 45.1 Å². The number of rotatable bonds is 3. The summed E-state index contributed by atoms with van der Waals surface area (Å²) in [5.41, 5.74) is 0.387. The van der Waals surface area contributed by atoms with Gasteiger partial charge in [-0.15, -0.1) is 5.10 Å². The molecule has 0 unspecified atom stereocenters. The lowest BCUT2D eigenvalue weighted by atomic mass is 9.98. The number of aryl methyl sites for hydroxylation is 2. The molecule has 1 fully saturated rings. The van der Waals surface area contributed by atoms with Crippen molar-refractivity contribution in [3.05, 3.63) is 23.3 Å². The molecule has 0 saturated heterocycles. The number of carboxylic acid groups (broad SMARTS) is 1. The Kier molecular flexibility index (Phi) is 3.31. The summed E-state index contributed by atoms with van der Waals surface area (Å²) in [5.74, 6) is -1.31. The van der Waals surface area contributed by atoms with Crippen LogP contribution in [0.2, 0.25) is 0 Å². The Labute approximate surface area is 126 Å². The normalized spacial score (nSPS) is 16.8. The van der Waals surface area contributed by atoms with Gasteiger partial charge in [-0.05, 0) is 32.8 Å². The van der Waals surface area contributed by atoms with Crippen LogP contribution in [0.25, 0.3) is 5.78 Å². The highest BCUT2D eigenvalue weighted by Gasteiger charge is 2.43. The van der Waals surface area contributed by atoms with Crippen molar-refractivity contribution in [2.24, 2.45) is 0 Å². The highest BCUT2D eigenvalue weighted by molar-refractivity contribution is 5.95. The summed E-state index contributed by atoms with van der Waals surface area (Å²) in [6.45, 7) is 3.67. The molecule has 1 aliphatic rings. The van der Waals surface area contributed by atoms with Crippen LogP contribution in [0.3, 0.4) is 0 Å². The largest absolute Gasteiger partial charge is 0.480 e. The van der Waals surface area contributed by atoms with Crippen molar-refractivity contribution >= 4 is 17.7 Å². The number of nitrogens with zero attached hydrogens (tertiary/aromatic N) is 4. The van der Waals surface area contributed by atoms with Crippen LogP contribution in [0.1, 0.15) is 47.7 Å². The number of aliphatic carboxylic acids is 1.